The molecule has 0 saturated heterocycles. The minimum absolute atomic E-state index is 0. The summed E-state index contributed by atoms with van der Waals surface area (Å²) in [6.07, 6.45) is 1.85. The van der Waals surface area contributed by atoms with E-state index in [4.69, 9.17) is 11.3 Å². The highest BCUT2D eigenvalue weighted by Gasteiger charge is 1.79. The van der Waals surface area contributed by atoms with E-state index >= 15 is 0 Å². The maximum Gasteiger partial charge on any atom is 0.0258 e. The Kier molecular flexibility index (Phi) is 13.3. The smallest absolute Gasteiger partial charge is 0.0258 e. The Morgan fingerprint density at radius 3 is 2.56 bits per heavy atom. The molecule has 0 bridgehead atoms. The summed E-state index contributed by atoms with van der Waals surface area (Å²) in [6.45, 7) is 1.26. The van der Waals surface area contributed by atoms with Crippen molar-refractivity contribution >= 4 is 12.4 Å². The Labute approximate surface area is 60.5 Å². The molecule has 0 aromatic heterocycles. The van der Waals surface area contributed by atoms with Gasteiger partial charge in [0.25, 0.3) is 0 Å². The van der Waals surface area contributed by atoms with Gasteiger partial charge in [-0.1, -0.05) is 5.11 Å². The Balaban J connectivity index is 0. The largest absolute Gasteiger partial charge is 0.330 e. The first kappa shape index (κ1) is 11.4. The second-order valence-corrected chi connectivity index (χ2v) is 1.45. The topological polar surface area (TPSA) is 74.8 Å². The van der Waals surface area contributed by atoms with E-state index in [0.717, 1.165) is 12.8 Å². The van der Waals surface area contributed by atoms with Crippen molar-refractivity contribution in [3.63, 3.8) is 0 Å². The van der Waals surface area contributed by atoms with Crippen molar-refractivity contribution in [1.82, 2.24) is 0 Å². The van der Waals surface area contributed by atoms with Crippen molar-refractivity contribution in [2.45, 2.75) is 12.8 Å². The molecule has 0 aliphatic carbocycles. The van der Waals surface area contributed by atoms with E-state index in [0.29, 0.717) is 13.1 Å². The molecule has 54 valence electrons. The number of halogens is 1. The lowest BCUT2D eigenvalue weighted by Gasteiger charge is -1.87. The second kappa shape index (κ2) is 10.5. The summed E-state index contributed by atoms with van der Waals surface area (Å²) in [7, 11) is 0. The van der Waals surface area contributed by atoms with E-state index in [1.54, 1.807) is 0 Å². The summed E-state index contributed by atoms with van der Waals surface area (Å²) in [4.78, 5) is 2.59. The summed E-state index contributed by atoms with van der Waals surface area (Å²) >= 11 is 0. The molecule has 0 spiro atoms. The van der Waals surface area contributed by atoms with Crippen molar-refractivity contribution in [2.75, 3.05) is 13.1 Å². The average Bonchev–Trinajstić information content (AvgIpc) is 1.81. The molecule has 5 heteroatoms. The van der Waals surface area contributed by atoms with Gasteiger partial charge in [0, 0.05) is 11.5 Å². The van der Waals surface area contributed by atoms with Crippen LogP contribution in [0.1, 0.15) is 12.8 Å². The maximum atomic E-state index is 7.79. The molecule has 0 amide bonds. The molecule has 9 heavy (non-hydrogen) atoms. The minimum atomic E-state index is 0. The van der Waals surface area contributed by atoms with Gasteiger partial charge in [-0.2, -0.15) is 0 Å². The molecule has 0 rings (SSSR count). The molecule has 0 aromatic rings. The average molecular weight is 151 g/mol. The molecule has 0 aromatic carbocycles. The van der Waals surface area contributed by atoms with Crippen molar-refractivity contribution < 1.29 is 0 Å². The highest BCUT2D eigenvalue weighted by molar-refractivity contribution is 5.85. The first-order valence-electron chi connectivity index (χ1n) is 2.62. The number of hydrogen-bond donors (Lipinski definition) is 1. The van der Waals surface area contributed by atoms with Gasteiger partial charge in [0.1, 0.15) is 0 Å². The van der Waals surface area contributed by atoms with E-state index in [1.807, 2.05) is 0 Å². The first-order chi connectivity index (χ1) is 3.91. The molecule has 0 heterocycles. The van der Waals surface area contributed by atoms with Gasteiger partial charge in [0.15, 0.2) is 0 Å². The number of rotatable bonds is 4. The molecule has 0 radical (unpaired) electrons. The fourth-order valence-electron chi connectivity index (χ4n) is 0.372. The van der Waals surface area contributed by atoms with Gasteiger partial charge in [0.05, 0.1) is 0 Å². The standard InChI is InChI=1S/C4H10N4.ClH/c5-3-1-2-4-7-8-6;/h1-5H2;1H. The lowest BCUT2D eigenvalue weighted by Crippen LogP contribution is -1.98. The van der Waals surface area contributed by atoms with Crippen molar-refractivity contribution in [1.29, 1.82) is 0 Å². The fourth-order valence-corrected chi connectivity index (χ4v) is 0.372. The monoisotopic (exact) mass is 150 g/mol. The molecule has 0 atom stereocenters. The second-order valence-electron chi connectivity index (χ2n) is 1.45. The van der Waals surface area contributed by atoms with E-state index in [2.05, 4.69) is 10.0 Å². The molecule has 4 nitrogen and oxygen atoms in total. The third kappa shape index (κ3) is 11.2. The van der Waals surface area contributed by atoms with Gasteiger partial charge in [-0.3, -0.25) is 0 Å². The zero-order valence-corrected chi connectivity index (χ0v) is 5.97. The van der Waals surface area contributed by atoms with Gasteiger partial charge in [0.2, 0.25) is 0 Å². The van der Waals surface area contributed by atoms with Crippen LogP contribution in [0.5, 0.6) is 0 Å². The summed E-state index contributed by atoms with van der Waals surface area (Å²) in [5.41, 5.74) is 13.0. The quantitative estimate of drug-likeness (QED) is 0.280. The molecule has 0 unspecified atom stereocenters. The third-order valence-corrected chi connectivity index (χ3v) is 0.775. The van der Waals surface area contributed by atoms with Crippen LogP contribution in [0.15, 0.2) is 5.11 Å². The van der Waals surface area contributed by atoms with Crippen LogP contribution in [0, 0.1) is 0 Å². The normalized spacial score (nSPS) is 7.22. The summed E-state index contributed by atoms with van der Waals surface area (Å²) in [5, 5.41) is 3.33. The van der Waals surface area contributed by atoms with Crippen LogP contribution in [0.25, 0.3) is 10.4 Å². The minimum Gasteiger partial charge on any atom is -0.330 e. The fraction of sp³-hybridized carbons (Fsp3) is 1.00. The number of unbranched alkanes of at least 4 members (excludes halogenated alkanes) is 1. The Hall–Kier alpha value is -0.440. The zero-order chi connectivity index (χ0) is 6.24. The van der Waals surface area contributed by atoms with Crippen molar-refractivity contribution in [3.05, 3.63) is 10.4 Å². The van der Waals surface area contributed by atoms with Crippen LogP contribution in [-0.2, 0) is 0 Å². The lowest BCUT2D eigenvalue weighted by atomic mass is 10.3. The SMILES string of the molecule is Cl.[N-]=[N+]=NCCCCN. The number of hydrogen-bond acceptors (Lipinski definition) is 2. The zero-order valence-electron chi connectivity index (χ0n) is 5.16. The lowest BCUT2D eigenvalue weighted by molar-refractivity contribution is 0.752. The van der Waals surface area contributed by atoms with Crippen molar-refractivity contribution in [3.8, 4) is 0 Å². The van der Waals surface area contributed by atoms with Gasteiger partial charge in [-0.25, -0.2) is 0 Å². The third-order valence-electron chi connectivity index (χ3n) is 0.775. The molecule has 2 N–H and O–H groups in total. The van der Waals surface area contributed by atoms with Crippen LogP contribution < -0.4 is 5.73 Å². The van der Waals surface area contributed by atoms with Crippen LogP contribution >= 0.6 is 12.4 Å². The number of azide groups is 1. The highest BCUT2D eigenvalue weighted by atomic mass is 35.5. The number of nitrogens with two attached hydrogens (primary N) is 1. The van der Waals surface area contributed by atoms with E-state index in [1.165, 1.54) is 0 Å². The molecule has 0 aliphatic rings. The summed E-state index contributed by atoms with van der Waals surface area (Å²) < 4.78 is 0. The van der Waals surface area contributed by atoms with Gasteiger partial charge >= 0.3 is 0 Å². The van der Waals surface area contributed by atoms with Gasteiger partial charge in [-0.05, 0) is 24.9 Å². The molecular formula is C4H11ClN4. The van der Waals surface area contributed by atoms with E-state index < -0.39 is 0 Å². The predicted molar refractivity (Wildman–Crippen MR) is 39.5 cm³/mol. The van der Waals surface area contributed by atoms with E-state index in [-0.39, 0.29) is 12.4 Å². The predicted octanol–water partition coefficient (Wildman–Crippen LogP) is 1.46. The molecule has 0 aliphatic heterocycles. The van der Waals surface area contributed by atoms with Crippen LogP contribution in [0.2, 0.25) is 0 Å². The number of nitrogens with zero attached hydrogens (tertiary/aromatic N) is 3. The Morgan fingerprint density at radius 2 is 2.11 bits per heavy atom. The molecule has 0 saturated carbocycles. The summed E-state index contributed by atoms with van der Waals surface area (Å²) in [6, 6.07) is 0. The Morgan fingerprint density at radius 1 is 1.44 bits per heavy atom. The summed E-state index contributed by atoms with van der Waals surface area (Å²) in [5.74, 6) is 0. The van der Waals surface area contributed by atoms with Gasteiger partial charge < -0.3 is 5.73 Å². The Bertz CT molecular complexity index is 88.6. The van der Waals surface area contributed by atoms with Crippen LogP contribution in [0.3, 0.4) is 0 Å². The first-order valence-corrected chi connectivity index (χ1v) is 2.62. The molecule has 0 fully saturated rings. The van der Waals surface area contributed by atoms with Crippen LogP contribution in [0.4, 0.5) is 0 Å². The van der Waals surface area contributed by atoms with E-state index in [9.17, 15) is 0 Å². The molecular weight excluding hydrogens is 140 g/mol. The van der Waals surface area contributed by atoms with Crippen molar-refractivity contribution in [2.24, 2.45) is 10.8 Å². The van der Waals surface area contributed by atoms with Gasteiger partial charge in [-0.15, -0.1) is 12.4 Å². The maximum absolute atomic E-state index is 7.79. The van der Waals surface area contributed by atoms with Crippen LogP contribution in [-0.4, -0.2) is 13.1 Å². The highest BCUT2D eigenvalue weighted by Crippen LogP contribution is 1.85.